The molecule has 0 bridgehead atoms. The van der Waals surface area contributed by atoms with E-state index in [1.165, 1.54) is 24.3 Å². The van der Waals surface area contributed by atoms with Gasteiger partial charge in [0.05, 0.1) is 11.3 Å². The van der Waals surface area contributed by atoms with Crippen LogP contribution in [0.5, 0.6) is 11.5 Å². The Kier molecular flexibility index (Phi) is 4.64. The van der Waals surface area contributed by atoms with Crippen LogP contribution in [0.25, 0.3) is 0 Å². The summed E-state index contributed by atoms with van der Waals surface area (Å²) in [5, 5.41) is 3.00. The zero-order chi connectivity index (χ0) is 20.8. The molecule has 1 heterocycles. The minimum Gasteiger partial charge on any atom is -0.454 e. The summed E-state index contributed by atoms with van der Waals surface area (Å²) >= 11 is 5.93. The molecule has 2 N–H and O–H groups in total. The molecule has 1 aliphatic heterocycles. The quantitative estimate of drug-likeness (QED) is 0.619. The van der Waals surface area contributed by atoms with Gasteiger partial charge in [-0.15, -0.1) is 0 Å². The summed E-state index contributed by atoms with van der Waals surface area (Å²) < 4.78 is 60.4. The number of carbonyl (C=O) groups excluding carboxylic acids is 1. The van der Waals surface area contributed by atoms with E-state index >= 15 is 0 Å². The summed E-state index contributed by atoms with van der Waals surface area (Å²) in [7, 11) is -4.58. The number of anilines is 2. The van der Waals surface area contributed by atoms with Gasteiger partial charge in [0, 0.05) is 10.7 Å². The maximum atomic E-state index is 13.9. The van der Waals surface area contributed by atoms with Gasteiger partial charge in [0.15, 0.2) is 10.6 Å². The predicted octanol–water partition coefficient (Wildman–Crippen LogP) is 4.78. The first kappa shape index (κ1) is 19.2. The van der Waals surface area contributed by atoms with E-state index in [2.05, 4.69) is 10.0 Å². The number of nitrogens with one attached hydrogen (secondary N) is 2. The van der Waals surface area contributed by atoms with Gasteiger partial charge in [0.2, 0.25) is 0 Å². The average Bonchev–Trinajstić information content (AvgIpc) is 2.77. The smallest absolute Gasteiger partial charge is 0.267 e. The van der Waals surface area contributed by atoms with Gasteiger partial charge in [-0.2, -0.15) is 0 Å². The molecule has 3 aromatic rings. The third-order valence-corrected chi connectivity index (χ3v) is 5.74. The zero-order valence-corrected chi connectivity index (χ0v) is 15.9. The molecule has 0 fully saturated rings. The van der Waals surface area contributed by atoms with Crippen LogP contribution in [0, 0.1) is 11.6 Å². The molecule has 10 heteroatoms. The first-order valence-electron chi connectivity index (χ1n) is 8.14. The normalized spacial score (nSPS) is 12.9. The highest BCUT2D eigenvalue weighted by Gasteiger charge is 2.26. The fourth-order valence-electron chi connectivity index (χ4n) is 2.80. The molecule has 3 aromatic carbocycles. The molecule has 0 aromatic heterocycles. The Morgan fingerprint density at radius 3 is 2.38 bits per heavy atom. The minimum absolute atomic E-state index is 0.0199. The zero-order valence-electron chi connectivity index (χ0n) is 14.4. The Morgan fingerprint density at radius 2 is 1.66 bits per heavy atom. The fraction of sp³-hybridized carbons (Fsp3) is 0. The number of hydrogen-bond donors (Lipinski definition) is 2. The number of halogens is 3. The van der Waals surface area contributed by atoms with Crippen LogP contribution < -0.4 is 14.8 Å². The predicted molar refractivity (Wildman–Crippen MR) is 103 cm³/mol. The highest BCUT2D eigenvalue weighted by Crippen LogP contribution is 2.38. The van der Waals surface area contributed by atoms with E-state index in [-0.39, 0.29) is 17.0 Å². The summed E-state index contributed by atoms with van der Waals surface area (Å²) in [4.78, 5) is 11.4. The van der Waals surface area contributed by atoms with Crippen LogP contribution >= 0.6 is 11.6 Å². The molecule has 0 aliphatic carbocycles. The van der Waals surface area contributed by atoms with Crippen molar-refractivity contribution >= 4 is 38.9 Å². The van der Waals surface area contributed by atoms with E-state index in [9.17, 15) is 22.0 Å². The number of amides is 1. The molecular formula is C19H11ClF2N2O4S. The van der Waals surface area contributed by atoms with Crippen molar-refractivity contribution in [2.24, 2.45) is 0 Å². The second kappa shape index (κ2) is 7.02. The molecule has 1 aliphatic rings. The Hall–Kier alpha value is -3.17. The van der Waals surface area contributed by atoms with Crippen molar-refractivity contribution < 1.29 is 26.7 Å². The minimum atomic E-state index is -4.58. The molecule has 1 amide bonds. The van der Waals surface area contributed by atoms with E-state index in [0.717, 1.165) is 18.2 Å². The van der Waals surface area contributed by atoms with E-state index in [4.69, 9.17) is 16.3 Å². The lowest BCUT2D eigenvalue weighted by molar-refractivity contribution is 0.102. The second-order valence-electron chi connectivity index (χ2n) is 6.06. The van der Waals surface area contributed by atoms with Crippen molar-refractivity contribution in [1.29, 1.82) is 0 Å². The fourth-order valence-corrected chi connectivity index (χ4v) is 4.16. The van der Waals surface area contributed by atoms with E-state index in [1.807, 2.05) is 0 Å². The first-order chi connectivity index (χ1) is 13.7. The van der Waals surface area contributed by atoms with Crippen molar-refractivity contribution in [3.63, 3.8) is 0 Å². The van der Waals surface area contributed by atoms with Gasteiger partial charge >= 0.3 is 0 Å². The average molecular weight is 437 g/mol. The SMILES string of the molecule is O=C1Nc2cc(Cl)ccc2Oc2ccc(NS(=O)(=O)c3c(F)cccc3F)cc21. The largest absolute Gasteiger partial charge is 0.454 e. The summed E-state index contributed by atoms with van der Waals surface area (Å²) in [6.07, 6.45) is 0. The Morgan fingerprint density at radius 1 is 0.966 bits per heavy atom. The molecule has 4 rings (SSSR count). The Balaban J connectivity index is 1.70. The molecule has 148 valence electrons. The first-order valence-corrected chi connectivity index (χ1v) is 10.0. The second-order valence-corrected chi connectivity index (χ2v) is 8.12. The maximum absolute atomic E-state index is 13.9. The summed E-state index contributed by atoms with van der Waals surface area (Å²) in [6, 6.07) is 11.3. The number of ether oxygens (including phenoxy) is 1. The van der Waals surface area contributed by atoms with E-state index in [0.29, 0.717) is 16.5 Å². The van der Waals surface area contributed by atoms with Gasteiger partial charge in [0.25, 0.3) is 15.9 Å². The van der Waals surface area contributed by atoms with Crippen LogP contribution in [0.3, 0.4) is 0 Å². The van der Waals surface area contributed by atoms with Crippen LogP contribution in [-0.4, -0.2) is 14.3 Å². The molecule has 6 nitrogen and oxygen atoms in total. The van der Waals surface area contributed by atoms with E-state index in [1.54, 1.807) is 12.1 Å². The van der Waals surface area contributed by atoms with Gasteiger partial charge < -0.3 is 10.1 Å². The van der Waals surface area contributed by atoms with Crippen molar-refractivity contribution in [2.45, 2.75) is 4.90 Å². The molecule has 29 heavy (non-hydrogen) atoms. The van der Waals surface area contributed by atoms with Gasteiger partial charge in [-0.3, -0.25) is 9.52 Å². The van der Waals surface area contributed by atoms with Gasteiger partial charge in [0.1, 0.15) is 17.4 Å². The van der Waals surface area contributed by atoms with Crippen molar-refractivity contribution in [1.82, 2.24) is 0 Å². The molecule has 0 spiro atoms. The third-order valence-electron chi connectivity index (χ3n) is 4.07. The van der Waals surface area contributed by atoms with Gasteiger partial charge in [-0.1, -0.05) is 17.7 Å². The maximum Gasteiger partial charge on any atom is 0.267 e. The van der Waals surface area contributed by atoms with Crippen LogP contribution in [0.2, 0.25) is 5.02 Å². The molecule has 0 radical (unpaired) electrons. The topological polar surface area (TPSA) is 84.5 Å². The highest BCUT2D eigenvalue weighted by atomic mass is 35.5. The van der Waals surface area contributed by atoms with Crippen LogP contribution in [-0.2, 0) is 10.0 Å². The van der Waals surface area contributed by atoms with Crippen molar-refractivity contribution in [2.75, 3.05) is 10.0 Å². The molecule has 0 saturated carbocycles. The highest BCUT2D eigenvalue weighted by molar-refractivity contribution is 7.92. The van der Waals surface area contributed by atoms with Crippen molar-refractivity contribution in [3.8, 4) is 11.5 Å². The molecule has 0 saturated heterocycles. The van der Waals surface area contributed by atoms with Gasteiger partial charge in [-0.05, 0) is 48.5 Å². The summed E-state index contributed by atoms with van der Waals surface area (Å²) in [5.74, 6) is -2.52. The van der Waals surface area contributed by atoms with E-state index < -0.39 is 32.5 Å². The summed E-state index contributed by atoms with van der Waals surface area (Å²) in [5.41, 5.74) is 0.287. The number of rotatable bonds is 3. The van der Waals surface area contributed by atoms with Crippen LogP contribution in [0.15, 0.2) is 59.5 Å². The Bertz CT molecular complexity index is 1240. The Labute approximate surface area is 169 Å². The van der Waals surface area contributed by atoms with Crippen LogP contribution in [0.1, 0.15) is 10.4 Å². The monoisotopic (exact) mass is 436 g/mol. The lowest BCUT2D eigenvalue weighted by atomic mass is 10.1. The van der Waals surface area contributed by atoms with Crippen LogP contribution in [0.4, 0.5) is 20.2 Å². The third kappa shape index (κ3) is 3.62. The lowest BCUT2D eigenvalue weighted by Gasteiger charge is -2.12. The molecule has 0 atom stereocenters. The number of fused-ring (bicyclic) bond motifs is 2. The summed E-state index contributed by atoms with van der Waals surface area (Å²) in [6.45, 7) is 0. The standard InChI is InChI=1S/C19H11ClF2N2O4S/c20-10-4-6-17-15(8-10)23-19(25)12-9-11(5-7-16(12)28-17)24-29(26,27)18-13(21)2-1-3-14(18)22/h1-9,24H,(H,23,25). The van der Waals surface area contributed by atoms with Gasteiger partial charge in [-0.25, -0.2) is 17.2 Å². The molecule has 0 unspecified atom stereocenters. The molecular weight excluding hydrogens is 426 g/mol. The number of carbonyl (C=O) groups is 1. The lowest BCUT2D eigenvalue weighted by Crippen LogP contribution is -2.17. The number of sulfonamides is 1. The van der Waals surface area contributed by atoms with Crippen molar-refractivity contribution in [3.05, 3.63) is 76.8 Å². The number of hydrogen-bond acceptors (Lipinski definition) is 4. The number of benzene rings is 3.